The van der Waals surface area contributed by atoms with Crippen LogP contribution in [0.2, 0.25) is 13.1 Å². The van der Waals surface area contributed by atoms with Crippen molar-refractivity contribution in [2.75, 3.05) is 0 Å². The van der Waals surface area contributed by atoms with Crippen molar-refractivity contribution in [3.63, 3.8) is 0 Å². The zero-order chi connectivity index (χ0) is 15.4. The number of hydrogen-bond acceptors (Lipinski definition) is 0. The van der Waals surface area contributed by atoms with Gasteiger partial charge in [0.25, 0.3) is 0 Å². The Hall–Kier alpha value is 0.367. The maximum atomic E-state index is 2.33. The van der Waals surface area contributed by atoms with Gasteiger partial charge in [0, 0.05) is 0 Å². The summed E-state index contributed by atoms with van der Waals surface area (Å²) < 4.78 is 0. The van der Waals surface area contributed by atoms with Crippen LogP contribution in [0.25, 0.3) is 0 Å². The average molecular weight is 522 g/mol. The standard InChI is InChI=1S/C11H17.C5H5.C2H6Si.2ClH.Hf/c1-4-9-7-8-10(5-2)11(9)6-3;1-2-4-5-3-1;1-3-2;;;/h7-8H,4-6H2,1-3H3;1-5H;1-2H3;2*1H;/q2*-1;;;;+2/p-2. The zero-order valence-corrected chi connectivity index (χ0v) is 20.5. The Balaban J connectivity index is -0.000000278. The van der Waals surface area contributed by atoms with E-state index in [0.29, 0.717) is 0 Å². The molecule has 2 aromatic carbocycles. The summed E-state index contributed by atoms with van der Waals surface area (Å²) in [6.07, 6.45) is 3.56. The van der Waals surface area contributed by atoms with Crippen LogP contribution in [0.3, 0.4) is 0 Å². The van der Waals surface area contributed by atoms with Crippen molar-refractivity contribution in [2.45, 2.75) is 53.1 Å². The zero-order valence-electron chi connectivity index (χ0n) is 14.4. The monoisotopic (exact) mass is 522 g/mol. The largest absolute Gasteiger partial charge is 1.00 e. The van der Waals surface area contributed by atoms with Gasteiger partial charge in [0.2, 0.25) is 0 Å². The first-order valence-corrected chi connectivity index (χ1v) is 15.4. The van der Waals surface area contributed by atoms with Gasteiger partial charge in [-0.3, -0.25) is 0 Å². The summed E-state index contributed by atoms with van der Waals surface area (Å²) in [6.45, 7) is 11.4. The Morgan fingerprint density at radius 2 is 1.55 bits per heavy atom. The molecule has 0 aliphatic heterocycles. The molecule has 0 radical (unpaired) electrons. The first kappa shape index (κ1) is 27.2. The van der Waals surface area contributed by atoms with Gasteiger partial charge in [-0.1, -0.05) is 40.0 Å². The van der Waals surface area contributed by atoms with Crippen LogP contribution in [0.4, 0.5) is 0 Å². The number of hydrogen-bond donors (Lipinski definition) is 0. The molecule has 0 aliphatic rings. The van der Waals surface area contributed by atoms with Crippen molar-refractivity contribution in [2.24, 2.45) is 0 Å². The normalized spacial score (nSPS) is 8.32. The van der Waals surface area contributed by atoms with E-state index in [0.717, 1.165) is 0 Å². The van der Waals surface area contributed by atoms with Gasteiger partial charge in [-0.05, 0) is 0 Å². The van der Waals surface area contributed by atoms with Crippen LogP contribution in [-0.2, 0) is 42.3 Å². The molecule has 0 nitrogen and oxygen atoms in total. The molecule has 124 valence electrons. The summed E-state index contributed by atoms with van der Waals surface area (Å²) in [5.41, 5.74) is 4.94. The fourth-order valence-corrected chi connectivity index (χ4v) is 2.05. The van der Waals surface area contributed by atoms with Crippen LogP contribution in [0.5, 0.6) is 0 Å². The van der Waals surface area contributed by atoms with Gasteiger partial charge in [-0.25, -0.2) is 18.2 Å². The third kappa shape index (κ3) is 12.9. The predicted molar refractivity (Wildman–Crippen MR) is 89.7 cm³/mol. The molecule has 0 spiro atoms. The third-order valence-corrected chi connectivity index (χ3v) is 2.93. The van der Waals surface area contributed by atoms with Crippen molar-refractivity contribution in [1.82, 2.24) is 0 Å². The van der Waals surface area contributed by atoms with Crippen molar-refractivity contribution in [3.05, 3.63) is 59.2 Å². The fourth-order valence-electron chi connectivity index (χ4n) is 2.05. The Morgan fingerprint density at radius 3 is 1.82 bits per heavy atom. The van der Waals surface area contributed by atoms with E-state index in [-0.39, 0.29) is 30.3 Å². The van der Waals surface area contributed by atoms with Crippen LogP contribution in [0.1, 0.15) is 37.5 Å². The van der Waals surface area contributed by atoms with E-state index in [4.69, 9.17) is 0 Å². The first-order chi connectivity index (χ1) is 9.56. The van der Waals surface area contributed by atoms with Gasteiger partial charge in [0.05, 0.1) is 0 Å². The molecule has 0 heterocycles. The van der Waals surface area contributed by atoms with Crippen LogP contribution >= 0.6 is 0 Å². The van der Waals surface area contributed by atoms with Crippen LogP contribution in [-0.4, -0.2) is 5.49 Å². The minimum atomic E-state index is 0. The summed E-state index contributed by atoms with van der Waals surface area (Å²) in [5, 5.41) is 0. The van der Waals surface area contributed by atoms with E-state index in [2.05, 4.69) is 46.0 Å². The Bertz CT molecular complexity index is 419. The Morgan fingerprint density at radius 1 is 1.05 bits per heavy atom. The molecule has 0 aliphatic carbocycles. The summed E-state index contributed by atoms with van der Waals surface area (Å²) in [4.78, 5) is 0. The first-order valence-electron chi connectivity index (χ1n) is 7.51. The summed E-state index contributed by atoms with van der Waals surface area (Å²) in [7, 11) is 0. The van der Waals surface area contributed by atoms with Crippen LogP contribution < -0.4 is 24.8 Å². The topological polar surface area (TPSA) is 0 Å². The maximum absolute atomic E-state index is 2.33. The van der Waals surface area contributed by atoms with E-state index < -0.39 is 0 Å². The molecule has 4 heteroatoms. The molecule has 0 saturated heterocycles. The number of aryl methyl sites for hydroxylation is 2. The number of rotatable bonds is 3. The van der Waals surface area contributed by atoms with Gasteiger partial charge in [0.1, 0.15) is 0 Å². The fraction of sp³-hybridized carbons (Fsp3) is 0.444. The average Bonchev–Trinajstić information content (AvgIpc) is 3.09. The summed E-state index contributed by atoms with van der Waals surface area (Å²) in [6, 6.07) is 14.6. The second kappa shape index (κ2) is 17.7. The molecular formula is C18H28Cl2HfSi-2. The van der Waals surface area contributed by atoms with Gasteiger partial charge in [-0.2, -0.15) is 41.0 Å². The minimum Gasteiger partial charge on any atom is -1.00 e. The van der Waals surface area contributed by atoms with Crippen molar-refractivity contribution in [3.8, 4) is 0 Å². The van der Waals surface area contributed by atoms with Gasteiger partial charge in [0.15, 0.2) is 0 Å². The smallest absolute Gasteiger partial charge is 0.172 e. The van der Waals surface area contributed by atoms with Crippen molar-refractivity contribution >= 4 is 5.49 Å². The summed E-state index contributed by atoms with van der Waals surface area (Å²) in [5.74, 6) is 0. The molecule has 0 atom stereocenters. The third-order valence-electron chi connectivity index (χ3n) is 2.93. The van der Waals surface area contributed by atoms with E-state index in [1.54, 1.807) is 16.7 Å². The van der Waals surface area contributed by atoms with E-state index in [1.165, 1.54) is 42.3 Å². The predicted octanol–water partition coefficient (Wildman–Crippen LogP) is -0.709. The van der Waals surface area contributed by atoms with Gasteiger partial charge in [-0.15, -0.1) is 0 Å². The molecule has 2 aromatic rings. The van der Waals surface area contributed by atoms with Crippen LogP contribution in [0.15, 0.2) is 42.5 Å². The molecule has 0 aromatic heterocycles. The molecule has 0 unspecified atom stereocenters. The second-order valence-electron chi connectivity index (χ2n) is 4.89. The Labute approximate surface area is 164 Å². The van der Waals surface area contributed by atoms with Gasteiger partial charge >= 0.3 is 41.6 Å². The Kier molecular flexibility index (Phi) is 21.9. The number of halogens is 2. The van der Waals surface area contributed by atoms with E-state index in [9.17, 15) is 0 Å². The molecule has 22 heavy (non-hydrogen) atoms. The van der Waals surface area contributed by atoms with Crippen LogP contribution in [0, 0.1) is 0 Å². The quantitative estimate of drug-likeness (QED) is 0.370. The second-order valence-corrected chi connectivity index (χ2v) is 17.7. The summed E-state index contributed by atoms with van der Waals surface area (Å²) >= 11 is 1.45. The molecule has 0 saturated carbocycles. The molecule has 0 amide bonds. The van der Waals surface area contributed by atoms with E-state index in [1.807, 2.05) is 30.3 Å². The maximum Gasteiger partial charge on any atom is -0.172 e. The molecule has 0 bridgehead atoms. The SMILES string of the molecule is CCc1cc[c-](CC)c1CC.C[Si](C)=[Hf+2].[Cl-].[Cl-].c1cc[cH-]c1. The van der Waals surface area contributed by atoms with Crippen molar-refractivity contribution in [1.29, 1.82) is 0 Å². The molecular weight excluding hydrogens is 494 g/mol. The molecule has 0 N–H and O–H groups in total. The van der Waals surface area contributed by atoms with E-state index >= 15 is 0 Å². The molecule has 0 fully saturated rings. The van der Waals surface area contributed by atoms with Gasteiger partial charge < -0.3 is 24.8 Å². The minimum absolute atomic E-state index is 0. The van der Waals surface area contributed by atoms with Crippen molar-refractivity contribution < 1.29 is 47.8 Å². The molecule has 2 rings (SSSR count).